The summed E-state index contributed by atoms with van der Waals surface area (Å²) in [7, 11) is 1.71. The molecular formula is C24H21N5O3. The summed E-state index contributed by atoms with van der Waals surface area (Å²) in [5, 5.41) is 8.95. The summed E-state index contributed by atoms with van der Waals surface area (Å²) in [4.78, 5) is 41.4. The van der Waals surface area contributed by atoms with Crippen LogP contribution in [0.1, 0.15) is 15.9 Å². The summed E-state index contributed by atoms with van der Waals surface area (Å²) in [6.07, 6.45) is 5.13. The van der Waals surface area contributed by atoms with E-state index >= 15 is 0 Å². The average molecular weight is 427 g/mol. The zero-order valence-corrected chi connectivity index (χ0v) is 17.4. The Labute approximate surface area is 184 Å². The van der Waals surface area contributed by atoms with Gasteiger partial charge in [-0.2, -0.15) is 5.10 Å². The summed E-state index contributed by atoms with van der Waals surface area (Å²) >= 11 is 0. The minimum Gasteiger partial charge on any atom is -0.363 e. The first-order valence-electron chi connectivity index (χ1n) is 9.99. The number of amides is 2. The second-order valence-electron chi connectivity index (χ2n) is 7.41. The molecule has 8 heteroatoms. The van der Waals surface area contributed by atoms with Crippen LogP contribution in [0.15, 0.2) is 73.2 Å². The molecule has 0 fully saturated rings. The molecule has 0 saturated heterocycles. The topological polar surface area (TPSA) is 120 Å². The first kappa shape index (κ1) is 20.9. The van der Waals surface area contributed by atoms with E-state index in [1.807, 2.05) is 54.6 Å². The van der Waals surface area contributed by atoms with Gasteiger partial charge in [-0.15, -0.1) is 0 Å². The highest BCUT2D eigenvalue weighted by molar-refractivity contribution is 6.38. The number of hydrogen-bond donors (Lipinski definition) is 2. The molecule has 8 nitrogen and oxygen atoms in total. The monoisotopic (exact) mass is 427 g/mol. The number of Topliss-reactive ketones (excluding diaryl/α,β-unsaturated/α-hetero) is 1. The van der Waals surface area contributed by atoms with Crippen LogP contribution in [0.3, 0.4) is 0 Å². The Morgan fingerprint density at radius 2 is 1.84 bits per heavy atom. The van der Waals surface area contributed by atoms with Gasteiger partial charge in [-0.05, 0) is 17.0 Å². The van der Waals surface area contributed by atoms with Gasteiger partial charge in [-0.3, -0.25) is 24.0 Å². The number of aromatic nitrogens is 3. The van der Waals surface area contributed by atoms with Crippen molar-refractivity contribution in [3.63, 3.8) is 0 Å². The molecule has 0 spiro atoms. The molecule has 0 radical (unpaired) electrons. The van der Waals surface area contributed by atoms with E-state index in [2.05, 4.69) is 15.4 Å². The molecule has 3 N–H and O–H groups in total. The van der Waals surface area contributed by atoms with Crippen LogP contribution in [-0.2, 0) is 23.1 Å². The van der Waals surface area contributed by atoms with Gasteiger partial charge in [0.25, 0.3) is 11.8 Å². The second kappa shape index (κ2) is 8.81. The summed E-state index contributed by atoms with van der Waals surface area (Å²) in [6, 6.07) is 15.6. The second-order valence-corrected chi connectivity index (χ2v) is 7.41. The largest absolute Gasteiger partial charge is 0.363 e. The highest BCUT2D eigenvalue weighted by Crippen LogP contribution is 2.29. The van der Waals surface area contributed by atoms with Gasteiger partial charge in [0.05, 0.1) is 5.56 Å². The third-order valence-corrected chi connectivity index (χ3v) is 5.16. The van der Waals surface area contributed by atoms with Crippen molar-refractivity contribution in [2.75, 3.05) is 0 Å². The first-order valence-corrected chi connectivity index (χ1v) is 9.99. The maximum atomic E-state index is 13.2. The summed E-state index contributed by atoms with van der Waals surface area (Å²) < 4.78 is 1.53. The maximum Gasteiger partial charge on any atom is 0.287 e. The number of carbonyl (C=O) groups is 3. The number of nitrogens with one attached hydrogen (secondary N) is 1. The minimum atomic E-state index is -1.10. The molecule has 32 heavy (non-hydrogen) atoms. The van der Waals surface area contributed by atoms with E-state index in [-0.39, 0.29) is 12.0 Å². The van der Waals surface area contributed by atoms with Crippen LogP contribution in [0.5, 0.6) is 0 Å². The van der Waals surface area contributed by atoms with Crippen LogP contribution in [0.25, 0.3) is 22.0 Å². The number of rotatable bonds is 7. The van der Waals surface area contributed by atoms with Crippen LogP contribution in [0, 0.1) is 0 Å². The molecule has 0 aliphatic carbocycles. The number of aryl methyl sites for hydroxylation is 1. The molecule has 0 aliphatic heterocycles. The molecule has 0 aliphatic rings. The number of pyridine rings is 1. The van der Waals surface area contributed by atoms with Crippen molar-refractivity contribution in [1.29, 1.82) is 0 Å². The van der Waals surface area contributed by atoms with Crippen LogP contribution in [0.2, 0.25) is 0 Å². The highest BCUT2D eigenvalue weighted by Gasteiger charge is 2.28. The van der Waals surface area contributed by atoms with Gasteiger partial charge in [0.2, 0.25) is 5.78 Å². The third kappa shape index (κ3) is 4.24. The molecule has 0 bridgehead atoms. The van der Waals surface area contributed by atoms with E-state index in [9.17, 15) is 14.4 Å². The van der Waals surface area contributed by atoms with Gasteiger partial charge in [0.15, 0.2) is 0 Å². The quantitative estimate of drug-likeness (QED) is 0.437. The average Bonchev–Trinajstić information content (AvgIpc) is 3.20. The normalized spacial score (nSPS) is 11.8. The third-order valence-electron chi connectivity index (χ3n) is 5.16. The van der Waals surface area contributed by atoms with Gasteiger partial charge in [0, 0.05) is 43.0 Å². The fourth-order valence-corrected chi connectivity index (χ4v) is 3.64. The summed E-state index contributed by atoms with van der Waals surface area (Å²) in [5.41, 5.74) is 7.49. The number of hydrogen-bond acceptors (Lipinski definition) is 5. The van der Waals surface area contributed by atoms with Crippen LogP contribution >= 0.6 is 0 Å². The van der Waals surface area contributed by atoms with Crippen LogP contribution < -0.4 is 11.1 Å². The standard InChI is InChI=1S/C24H21N5O3/c1-29-14-19(21(28-29)17-9-5-8-16-10-11-26-13-18(16)17)24(32)27-20(22(30)23(25)31)12-15-6-3-2-4-7-15/h2-11,13-14,20H,12H2,1H3,(H2,25,31)(H,27,32). The Balaban J connectivity index is 1.70. The molecule has 2 heterocycles. The van der Waals surface area contributed by atoms with Crippen LogP contribution in [-0.4, -0.2) is 38.4 Å². The lowest BCUT2D eigenvalue weighted by Gasteiger charge is -2.16. The van der Waals surface area contributed by atoms with Crippen molar-refractivity contribution in [2.45, 2.75) is 12.5 Å². The summed E-state index contributed by atoms with van der Waals surface area (Å²) in [5.74, 6) is -2.48. The van der Waals surface area contributed by atoms with E-state index in [1.54, 1.807) is 25.6 Å². The number of ketones is 1. The number of carbonyl (C=O) groups excluding carboxylic acids is 3. The minimum absolute atomic E-state index is 0.141. The zero-order chi connectivity index (χ0) is 22.7. The van der Waals surface area contributed by atoms with E-state index in [4.69, 9.17) is 5.73 Å². The van der Waals surface area contributed by atoms with Crippen LogP contribution in [0.4, 0.5) is 0 Å². The highest BCUT2D eigenvalue weighted by atomic mass is 16.2. The maximum absolute atomic E-state index is 13.2. The van der Waals surface area contributed by atoms with Crippen molar-refractivity contribution < 1.29 is 14.4 Å². The SMILES string of the molecule is Cn1cc(C(=O)NC(Cc2ccccc2)C(=O)C(N)=O)c(-c2cccc3ccncc23)n1. The van der Waals surface area contributed by atoms with E-state index in [0.717, 1.165) is 21.9 Å². The molecule has 160 valence electrons. The van der Waals surface area contributed by atoms with Gasteiger partial charge in [-0.25, -0.2) is 0 Å². The lowest BCUT2D eigenvalue weighted by Crippen LogP contribution is -2.47. The fraction of sp³-hybridized carbons (Fsp3) is 0.125. The predicted molar refractivity (Wildman–Crippen MR) is 120 cm³/mol. The van der Waals surface area contributed by atoms with Gasteiger partial charge in [0.1, 0.15) is 11.7 Å². The number of fused-ring (bicyclic) bond motifs is 1. The number of benzene rings is 2. The predicted octanol–water partition coefficient (Wildman–Crippen LogP) is 2.03. The molecular weight excluding hydrogens is 406 g/mol. The molecule has 0 saturated carbocycles. The Morgan fingerprint density at radius 3 is 2.59 bits per heavy atom. The van der Waals surface area contributed by atoms with E-state index < -0.39 is 23.6 Å². The van der Waals surface area contributed by atoms with E-state index in [1.165, 1.54) is 4.68 Å². The lowest BCUT2D eigenvalue weighted by atomic mass is 9.99. The zero-order valence-electron chi connectivity index (χ0n) is 17.4. The lowest BCUT2D eigenvalue weighted by molar-refractivity contribution is -0.137. The molecule has 2 amide bonds. The molecule has 2 aromatic heterocycles. The Bertz CT molecular complexity index is 1310. The summed E-state index contributed by atoms with van der Waals surface area (Å²) in [6.45, 7) is 0. The van der Waals surface area contributed by atoms with E-state index in [0.29, 0.717) is 5.69 Å². The number of nitrogens with two attached hydrogens (primary N) is 1. The molecule has 4 aromatic rings. The number of primary amides is 1. The molecule has 1 unspecified atom stereocenters. The molecule has 4 rings (SSSR count). The Kier molecular flexibility index (Phi) is 5.76. The molecule has 1 atom stereocenters. The van der Waals surface area contributed by atoms with Gasteiger partial charge < -0.3 is 11.1 Å². The van der Waals surface area contributed by atoms with Crippen molar-refractivity contribution in [3.05, 3.63) is 84.3 Å². The smallest absolute Gasteiger partial charge is 0.287 e. The van der Waals surface area contributed by atoms with Crippen molar-refractivity contribution in [2.24, 2.45) is 12.8 Å². The number of nitrogens with zero attached hydrogens (tertiary/aromatic N) is 3. The van der Waals surface area contributed by atoms with Gasteiger partial charge in [-0.1, -0.05) is 48.5 Å². The fourth-order valence-electron chi connectivity index (χ4n) is 3.64. The van der Waals surface area contributed by atoms with Crippen molar-refractivity contribution >= 4 is 28.4 Å². The van der Waals surface area contributed by atoms with Gasteiger partial charge >= 0.3 is 0 Å². The molecule has 2 aromatic carbocycles. The Hall–Kier alpha value is -4.33. The Morgan fingerprint density at radius 1 is 1.06 bits per heavy atom. The van der Waals surface area contributed by atoms with Crippen molar-refractivity contribution in [3.8, 4) is 11.3 Å². The van der Waals surface area contributed by atoms with Crippen molar-refractivity contribution in [1.82, 2.24) is 20.1 Å². The first-order chi connectivity index (χ1) is 15.4.